The van der Waals surface area contributed by atoms with Gasteiger partial charge in [-0.2, -0.15) is 0 Å². The van der Waals surface area contributed by atoms with E-state index in [-0.39, 0.29) is 17.9 Å². The van der Waals surface area contributed by atoms with E-state index in [9.17, 15) is 19.2 Å². The number of anilines is 1. The van der Waals surface area contributed by atoms with Gasteiger partial charge >= 0.3 is 11.8 Å². The zero-order chi connectivity index (χ0) is 21.7. The van der Waals surface area contributed by atoms with Gasteiger partial charge < -0.3 is 10.6 Å². The van der Waals surface area contributed by atoms with Crippen molar-refractivity contribution in [3.05, 3.63) is 29.8 Å². The third kappa shape index (κ3) is 4.53. The number of amides is 4. The first-order valence-corrected chi connectivity index (χ1v) is 10.7. The molecule has 8 heteroatoms. The van der Waals surface area contributed by atoms with Crippen molar-refractivity contribution in [1.29, 1.82) is 0 Å². The highest BCUT2D eigenvalue weighted by Gasteiger charge is 2.42. The van der Waals surface area contributed by atoms with E-state index in [4.69, 9.17) is 0 Å². The number of imide groups is 1. The summed E-state index contributed by atoms with van der Waals surface area (Å²) in [5, 5.41) is 7.74. The number of likely N-dealkylation sites (tertiary alicyclic amines) is 1. The minimum atomic E-state index is -0.750. The average Bonchev–Trinajstić information content (AvgIpc) is 3.21. The Kier molecular flexibility index (Phi) is 6.87. The van der Waals surface area contributed by atoms with E-state index < -0.39 is 17.2 Å². The lowest BCUT2D eigenvalue weighted by Gasteiger charge is -2.35. The van der Waals surface area contributed by atoms with E-state index in [0.29, 0.717) is 31.5 Å². The van der Waals surface area contributed by atoms with E-state index in [2.05, 4.69) is 27.8 Å². The second-order valence-electron chi connectivity index (χ2n) is 7.98. The maximum atomic E-state index is 12.5. The van der Waals surface area contributed by atoms with Crippen LogP contribution in [-0.4, -0.2) is 54.2 Å². The summed E-state index contributed by atoms with van der Waals surface area (Å²) in [6.45, 7) is 6.44. The second kappa shape index (κ2) is 9.38. The molecule has 3 rings (SSSR count). The zero-order valence-electron chi connectivity index (χ0n) is 17.6. The van der Waals surface area contributed by atoms with Gasteiger partial charge in [-0.05, 0) is 56.5 Å². The van der Waals surface area contributed by atoms with Gasteiger partial charge in [0, 0.05) is 24.7 Å². The maximum absolute atomic E-state index is 12.5. The second-order valence-corrected chi connectivity index (χ2v) is 7.98. The topological polar surface area (TPSA) is 108 Å². The lowest BCUT2D eigenvalue weighted by molar-refractivity contribution is -0.138. The molecule has 0 unspecified atom stereocenters. The van der Waals surface area contributed by atoms with Crippen LogP contribution in [0.15, 0.2) is 24.3 Å². The van der Waals surface area contributed by atoms with Crippen LogP contribution < -0.4 is 16.0 Å². The van der Waals surface area contributed by atoms with Gasteiger partial charge in [0.05, 0.1) is 5.41 Å². The van der Waals surface area contributed by atoms with Gasteiger partial charge in [0.1, 0.15) is 0 Å². The number of nitrogens with one attached hydrogen (secondary N) is 3. The molecule has 0 bridgehead atoms. The normalized spacial score (nSPS) is 24.4. The minimum Gasteiger partial charge on any atom is -0.346 e. The number of benzene rings is 1. The molecule has 2 heterocycles. The monoisotopic (exact) mass is 414 g/mol. The van der Waals surface area contributed by atoms with Crippen molar-refractivity contribution in [2.24, 2.45) is 0 Å². The van der Waals surface area contributed by atoms with Crippen LogP contribution in [0.4, 0.5) is 5.69 Å². The summed E-state index contributed by atoms with van der Waals surface area (Å²) >= 11 is 0. The molecule has 2 fully saturated rings. The Morgan fingerprint density at radius 1 is 1.17 bits per heavy atom. The van der Waals surface area contributed by atoms with Gasteiger partial charge in [0.2, 0.25) is 11.8 Å². The zero-order valence-corrected chi connectivity index (χ0v) is 17.6. The molecule has 2 saturated heterocycles. The molecular weight excluding hydrogens is 384 g/mol. The lowest BCUT2D eigenvalue weighted by atomic mass is 9.72. The van der Waals surface area contributed by atoms with E-state index >= 15 is 0 Å². The summed E-state index contributed by atoms with van der Waals surface area (Å²) in [5.41, 5.74) is 0.520. The number of carbonyl (C=O) groups excluding carboxylic acids is 4. The highest BCUT2D eigenvalue weighted by atomic mass is 16.2. The van der Waals surface area contributed by atoms with Crippen molar-refractivity contribution in [2.45, 2.75) is 57.4 Å². The predicted molar refractivity (Wildman–Crippen MR) is 113 cm³/mol. The highest BCUT2D eigenvalue weighted by Crippen LogP contribution is 2.36. The fourth-order valence-electron chi connectivity index (χ4n) is 4.46. The number of rotatable bonds is 6. The summed E-state index contributed by atoms with van der Waals surface area (Å²) in [4.78, 5) is 50.7. The number of hydrogen-bond acceptors (Lipinski definition) is 5. The summed E-state index contributed by atoms with van der Waals surface area (Å²) in [6.07, 6.45) is 3.46. The Morgan fingerprint density at radius 3 is 2.53 bits per heavy atom. The summed E-state index contributed by atoms with van der Waals surface area (Å²) < 4.78 is 0. The molecule has 2 atom stereocenters. The van der Waals surface area contributed by atoms with Gasteiger partial charge in [-0.15, -0.1) is 0 Å². The van der Waals surface area contributed by atoms with Gasteiger partial charge in [-0.25, -0.2) is 0 Å². The Hall–Kier alpha value is -2.74. The van der Waals surface area contributed by atoms with Crippen molar-refractivity contribution in [1.82, 2.24) is 15.5 Å². The molecular formula is C22H30N4O4. The molecule has 0 saturated carbocycles. The van der Waals surface area contributed by atoms with Crippen molar-refractivity contribution >= 4 is 29.3 Å². The summed E-state index contributed by atoms with van der Waals surface area (Å²) in [5.74, 6) is -1.91. The van der Waals surface area contributed by atoms with Gasteiger partial charge in [-0.3, -0.25) is 29.4 Å². The first-order valence-electron chi connectivity index (χ1n) is 10.7. The smallest absolute Gasteiger partial charge is 0.313 e. The molecule has 2 aliphatic rings. The van der Waals surface area contributed by atoms with Crippen LogP contribution in [0.3, 0.4) is 0 Å². The van der Waals surface area contributed by atoms with Crippen molar-refractivity contribution in [3.63, 3.8) is 0 Å². The Morgan fingerprint density at radius 2 is 1.90 bits per heavy atom. The molecule has 0 aliphatic carbocycles. The van der Waals surface area contributed by atoms with Crippen LogP contribution in [-0.2, 0) is 24.6 Å². The molecule has 0 radical (unpaired) electrons. The number of piperidine rings is 1. The van der Waals surface area contributed by atoms with Crippen LogP contribution >= 0.6 is 0 Å². The van der Waals surface area contributed by atoms with Crippen molar-refractivity contribution in [2.75, 3.05) is 25.0 Å². The molecule has 1 aromatic rings. The number of nitrogens with zero attached hydrogens (tertiary/aromatic N) is 1. The van der Waals surface area contributed by atoms with Crippen LogP contribution in [0.5, 0.6) is 0 Å². The third-order valence-corrected chi connectivity index (χ3v) is 6.38. The van der Waals surface area contributed by atoms with Crippen LogP contribution in [0.1, 0.15) is 51.5 Å². The van der Waals surface area contributed by atoms with Crippen LogP contribution in [0.2, 0.25) is 0 Å². The van der Waals surface area contributed by atoms with Gasteiger partial charge in [0.25, 0.3) is 0 Å². The molecule has 4 amide bonds. The maximum Gasteiger partial charge on any atom is 0.313 e. The van der Waals surface area contributed by atoms with E-state index in [1.807, 2.05) is 6.92 Å². The molecule has 0 aromatic heterocycles. The summed E-state index contributed by atoms with van der Waals surface area (Å²) in [6, 6.07) is 7.17. The fourth-order valence-corrected chi connectivity index (χ4v) is 4.46. The van der Waals surface area contributed by atoms with E-state index in [1.165, 1.54) is 0 Å². The fraction of sp³-hybridized carbons (Fsp3) is 0.545. The number of hydrogen-bond donors (Lipinski definition) is 3. The molecule has 8 nitrogen and oxygen atoms in total. The molecule has 0 spiro atoms. The lowest BCUT2D eigenvalue weighted by Crippen LogP contribution is -2.51. The van der Waals surface area contributed by atoms with Crippen molar-refractivity contribution < 1.29 is 19.2 Å². The summed E-state index contributed by atoms with van der Waals surface area (Å²) in [7, 11) is 0. The van der Waals surface area contributed by atoms with Crippen LogP contribution in [0, 0.1) is 0 Å². The first kappa shape index (κ1) is 22.0. The number of likely N-dealkylation sites (N-methyl/N-ethyl adjacent to an activating group) is 1. The Balaban J connectivity index is 1.58. The van der Waals surface area contributed by atoms with Crippen molar-refractivity contribution in [3.8, 4) is 0 Å². The SMILES string of the molecule is CCN1CCC[C@@H]1CNC(=O)C(=O)Nc1ccc([C@@]2(CC)CCC(=O)NC2=O)cc1. The Labute approximate surface area is 176 Å². The molecule has 2 aliphatic heterocycles. The van der Waals surface area contributed by atoms with Crippen LogP contribution in [0.25, 0.3) is 0 Å². The third-order valence-electron chi connectivity index (χ3n) is 6.38. The van der Waals surface area contributed by atoms with E-state index in [1.54, 1.807) is 24.3 Å². The quantitative estimate of drug-likeness (QED) is 0.481. The molecule has 3 N–H and O–H groups in total. The average molecular weight is 415 g/mol. The first-order chi connectivity index (χ1) is 14.4. The minimum absolute atomic E-state index is 0.251. The number of carbonyl (C=O) groups is 4. The molecule has 162 valence electrons. The molecule has 30 heavy (non-hydrogen) atoms. The van der Waals surface area contributed by atoms with E-state index in [0.717, 1.165) is 31.5 Å². The standard InChI is InChI=1S/C22H30N4O4/c1-3-22(12-11-18(27)25-21(22)30)15-7-9-16(10-8-15)24-20(29)19(28)23-14-17-6-5-13-26(17)4-2/h7-10,17H,3-6,11-14H2,1-2H3,(H,23,28)(H,24,29)(H,25,27,30)/t17-,22-/m1/s1. The predicted octanol–water partition coefficient (Wildman–Crippen LogP) is 1.31. The molecule has 1 aromatic carbocycles. The largest absolute Gasteiger partial charge is 0.346 e. The van der Waals surface area contributed by atoms with Gasteiger partial charge in [-0.1, -0.05) is 26.0 Å². The highest BCUT2D eigenvalue weighted by molar-refractivity contribution is 6.39. The van der Waals surface area contributed by atoms with Gasteiger partial charge in [0.15, 0.2) is 0 Å². The Bertz CT molecular complexity index is 823.